The maximum absolute atomic E-state index is 13.0. The number of rotatable bonds is 7. The van der Waals surface area contributed by atoms with E-state index in [4.69, 9.17) is 4.74 Å². The molecule has 0 aliphatic carbocycles. The van der Waals surface area contributed by atoms with E-state index in [0.29, 0.717) is 17.1 Å². The predicted molar refractivity (Wildman–Crippen MR) is 122 cm³/mol. The van der Waals surface area contributed by atoms with Crippen molar-refractivity contribution in [2.45, 2.75) is 39.3 Å². The van der Waals surface area contributed by atoms with Crippen LogP contribution in [0.25, 0.3) is 0 Å². The molecule has 31 heavy (non-hydrogen) atoms. The molecule has 0 aliphatic heterocycles. The minimum atomic E-state index is -3.79. The highest BCUT2D eigenvalue weighted by molar-refractivity contribution is 7.92. The van der Waals surface area contributed by atoms with Gasteiger partial charge in [0.2, 0.25) is 15.9 Å². The molecular weight excluding hydrogens is 418 g/mol. The second-order valence-electron chi connectivity index (χ2n) is 8.18. The number of methoxy groups -OCH3 is 1. The van der Waals surface area contributed by atoms with Crippen LogP contribution in [0.1, 0.15) is 38.1 Å². The van der Waals surface area contributed by atoms with Gasteiger partial charge < -0.3 is 15.4 Å². The van der Waals surface area contributed by atoms with Crippen LogP contribution in [0.4, 0.5) is 11.4 Å². The molecule has 0 aromatic heterocycles. The molecule has 0 radical (unpaired) electrons. The lowest BCUT2D eigenvalue weighted by Crippen LogP contribution is -2.45. The smallest absolute Gasteiger partial charge is 0.253 e. The first-order valence-corrected chi connectivity index (χ1v) is 11.5. The lowest BCUT2D eigenvalue weighted by Gasteiger charge is -2.28. The van der Waals surface area contributed by atoms with Crippen LogP contribution in [-0.2, 0) is 14.8 Å². The Morgan fingerprint density at radius 2 is 1.71 bits per heavy atom. The largest absolute Gasteiger partial charge is 0.497 e. The van der Waals surface area contributed by atoms with Gasteiger partial charge in [0.15, 0.2) is 0 Å². The second kappa shape index (κ2) is 9.38. The number of sulfonamides is 1. The molecule has 2 aromatic carbocycles. The topological polar surface area (TPSA) is 105 Å². The molecule has 0 heterocycles. The molecule has 0 saturated heterocycles. The van der Waals surface area contributed by atoms with Gasteiger partial charge in [0.05, 0.1) is 30.3 Å². The summed E-state index contributed by atoms with van der Waals surface area (Å²) in [6, 6.07) is 11.9. The summed E-state index contributed by atoms with van der Waals surface area (Å²) in [5, 5.41) is 5.54. The van der Waals surface area contributed by atoms with Crippen LogP contribution in [0, 0.1) is 0 Å². The molecule has 2 amide bonds. The number of hydrogen-bond acceptors (Lipinski definition) is 5. The van der Waals surface area contributed by atoms with Crippen LogP contribution < -0.4 is 19.7 Å². The fraction of sp³-hybridized carbons (Fsp3) is 0.364. The summed E-state index contributed by atoms with van der Waals surface area (Å²) in [5.41, 5.74) is 0.412. The van der Waals surface area contributed by atoms with E-state index in [1.807, 2.05) is 20.8 Å². The number of hydrogen-bond donors (Lipinski definition) is 2. The number of anilines is 2. The Morgan fingerprint density at radius 1 is 1.06 bits per heavy atom. The average molecular weight is 448 g/mol. The van der Waals surface area contributed by atoms with Gasteiger partial charge in [-0.1, -0.05) is 18.2 Å². The maximum Gasteiger partial charge on any atom is 0.253 e. The van der Waals surface area contributed by atoms with Crippen molar-refractivity contribution >= 4 is 33.2 Å². The number of para-hydroxylation sites is 1. The molecule has 2 aromatic rings. The molecule has 0 unspecified atom stereocenters. The summed E-state index contributed by atoms with van der Waals surface area (Å²) in [5.74, 6) is -0.462. The zero-order valence-corrected chi connectivity index (χ0v) is 19.4. The molecule has 0 spiro atoms. The number of nitrogens with zero attached hydrogens (tertiary/aromatic N) is 1. The number of nitrogens with one attached hydrogen (secondary N) is 2. The Balaban J connectivity index is 2.35. The van der Waals surface area contributed by atoms with Crippen LogP contribution >= 0.6 is 0 Å². The third kappa shape index (κ3) is 6.45. The van der Waals surface area contributed by atoms with Crippen molar-refractivity contribution in [3.63, 3.8) is 0 Å². The van der Waals surface area contributed by atoms with Gasteiger partial charge >= 0.3 is 0 Å². The summed E-state index contributed by atoms with van der Waals surface area (Å²) in [6.45, 7) is 7.04. The Morgan fingerprint density at radius 3 is 2.29 bits per heavy atom. The zero-order valence-electron chi connectivity index (χ0n) is 18.6. The summed E-state index contributed by atoms with van der Waals surface area (Å²) >= 11 is 0. The third-order valence-electron chi connectivity index (χ3n) is 4.31. The lowest BCUT2D eigenvalue weighted by atomic mass is 10.1. The SMILES string of the molecule is COc1cccc(N([C@@H](C)C(=O)Nc2ccccc2C(=O)NC(C)(C)C)S(C)(=O)=O)c1. The van der Waals surface area contributed by atoms with Crippen molar-refractivity contribution < 1.29 is 22.7 Å². The van der Waals surface area contributed by atoms with Crippen molar-refractivity contribution in [1.29, 1.82) is 0 Å². The summed E-state index contributed by atoms with van der Waals surface area (Å²) in [6.07, 6.45) is 1.03. The molecule has 9 heteroatoms. The van der Waals surface area contributed by atoms with Gasteiger partial charge in [-0.05, 0) is 52.0 Å². The number of ether oxygens (including phenoxy) is 1. The predicted octanol–water partition coefficient (Wildman–Crippen LogP) is 3.02. The van der Waals surface area contributed by atoms with Crippen LogP contribution in [0.15, 0.2) is 48.5 Å². The Labute approximate surface area is 183 Å². The number of carbonyl (C=O) groups is 2. The Bertz CT molecular complexity index is 1060. The summed E-state index contributed by atoms with van der Waals surface area (Å²) < 4.78 is 31.2. The Kier molecular flexibility index (Phi) is 7.32. The normalized spacial score (nSPS) is 12.6. The standard InChI is InChI=1S/C22H29N3O5S/c1-15(25(31(6,28)29)16-10-9-11-17(14-16)30-5)20(26)23-19-13-8-7-12-18(19)21(27)24-22(2,3)4/h7-15H,1-6H3,(H,23,26)(H,24,27)/t15-/m0/s1. The van der Waals surface area contributed by atoms with Crippen LogP contribution in [-0.4, -0.2) is 45.2 Å². The van der Waals surface area contributed by atoms with Crippen molar-refractivity contribution in [2.24, 2.45) is 0 Å². The molecule has 0 aliphatic rings. The van der Waals surface area contributed by atoms with Gasteiger partial charge in [-0.2, -0.15) is 0 Å². The fourth-order valence-corrected chi connectivity index (χ4v) is 4.16. The van der Waals surface area contributed by atoms with E-state index in [1.54, 1.807) is 42.5 Å². The van der Waals surface area contributed by atoms with Crippen LogP contribution in [0.2, 0.25) is 0 Å². The van der Waals surface area contributed by atoms with Crippen molar-refractivity contribution in [1.82, 2.24) is 5.32 Å². The highest BCUT2D eigenvalue weighted by atomic mass is 32.2. The first-order chi connectivity index (χ1) is 14.3. The summed E-state index contributed by atoms with van der Waals surface area (Å²) in [7, 11) is -2.32. The van der Waals surface area contributed by atoms with E-state index >= 15 is 0 Å². The summed E-state index contributed by atoms with van der Waals surface area (Å²) in [4.78, 5) is 25.6. The first kappa shape index (κ1) is 24.2. The van der Waals surface area contributed by atoms with Gasteiger partial charge in [0.25, 0.3) is 5.91 Å². The van der Waals surface area contributed by atoms with Gasteiger partial charge in [0, 0.05) is 11.6 Å². The van der Waals surface area contributed by atoms with E-state index in [-0.39, 0.29) is 11.5 Å². The monoisotopic (exact) mass is 447 g/mol. The van der Waals surface area contributed by atoms with E-state index < -0.39 is 27.5 Å². The molecule has 1 atom stereocenters. The van der Waals surface area contributed by atoms with E-state index in [2.05, 4.69) is 10.6 Å². The molecule has 2 rings (SSSR count). The number of amides is 2. The van der Waals surface area contributed by atoms with Crippen molar-refractivity contribution in [2.75, 3.05) is 23.0 Å². The van der Waals surface area contributed by atoms with Crippen molar-refractivity contribution in [3.05, 3.63) is 54.1 Å². The molecule has 2 N–H and O–H groups in total. The number of benzene rings is 2. The van der Waals surface area contributed by atoms with E-state index in [9.17, 15) is 18.0 Å². The maximum atomic E-state index is 13.0. The minimum Gasteiger partial charge on any atom is -0.497 e. The quantitative estimate of drug-likeness (QED) is 0.679. The zero-order chi connectivity index (χ0) is 23.4. The van der Waals surface area contributed by atoms with E-state index in [1.165, 1.54) is 20.1 Å². The third-order valence-corrected chi connectivity index (χ3v) is 5.56. The molecule has 0 fully saturated rings. The molecular formula is C22H29N3O5S. The number of carbonyl (C=O) groups excluding carboxylic acids is 2. The van der Waals surface area contributed by atoms with Crippen LogP contribution in [0.3, 0.4) is 0 Å². The highest BCUT2D eigenvalue weighted by Gasteiger charge is 2.30. The van der Waals surface area contributed by atoms with Crippen molar-refractivity contribution in [3.8, 4) is 5.75 Å². The second-order valence-corrected chi connectivity index (χ2v) is 10.0. The van der Waals surface area contributed by atoms with Gasteiger partial charge in [-0.25, -0.2) is 8.42 Å². The van der Waals surface area contributed by atoms with Gasteiger partial charge in [-0.15, -0.1) is 0 Å². The minimum absolute atomic E-state index is 0.283. The molecule has 168 valence electrons. The Hall–Kier alpha value is -3.07. The van der Waals surface area contributed by atoms with Crippen LogP contribution in [0.5, 0.6) is 5.75 Å². The fourth-order valence-electron chi connectivity index (χ4n) is 2.99. The van der Waals surface area contributed by atoms with Gasteiger partial charge in [0.1, 0.15) is 11.8 Å². The lowest BCUT2D eigenvalue weighted by molar-refractivity contribution is -0.116. The first-order valence-electron chi connectivity index (χ1n) is 9.69. The highest BCUT2D eigenvalue weighted by Crippen LogP contribution is 2.26. The molecule has 8 nitrogen and oxygen atoms in total. The van der Waals surface area contributed by atoms with E-state index in [0.717, 1.165) is 10.6 Å². The average Bonchev–Trinajstić information content (AvgIpc) is 2.66. The molecule has 0 saturated carbocycles. The van der Waals surface area contributed by atoms with Gasteiger partial charge in [-0.3, -0.25) is 13.9 Å². The molecule has 0 bridgehead atoms.